The zero-order valence-corrected chi connectivity index (χ0v) is 15.9. The van der Waals surface area contributed by atoms with Crippen molar-refractivity contribution in [1.29, 1.82) is 0 Å². The van der Waals surface area contributed by atoms with Gasteiger partial charge in [0.05, 0.1) is 11.4 Å². The SMILES string of the molecule is C=CC=N/C(=C\C)c1ncccc1B1C(=C/C=C)/C(=C\C)c2ccccc21. The number of rotatable bonds is 5. The van der Waals surface area contributed by atoms with Crippen LogP contribution >= 0.6 is 0 Å². The Hall–Kier alpha value is -3.20. The zero-order chi connectivity index (χ0) is 19.2. The average Bonchev–Trinajstić information content (AvgIpc) is 3.02. The van der Waals surface area contributed by atoms with Crippen molar-refractivity contribution >= 4 is 35.1 Å². The third-order valence-electron chi connectivity index (χ3n) is 4.76. The van der Waals surface area contributed by atoms with Crippen LogP contribution in [-0.2, 0) is 0 Å². The van der Waals surface area contributed by atoms with E-state index >= 15 is 0 Å². The van der Waals surface area contributed by atoms with Crippen molar-refractivity contribution in [2.24, 2.45) is 4.99 Å². The van der Waals surface area contributed by atoms with Crippen molar-refractivity contribution in [1.82, 2.24) is 4.98 Å². The van der Waals surface area contributed by atoms with E-state index in [0.717, 1.165) is 16.9 Å². The van der Waals surface area contributed by atoms with Gasteiger partial charge in [0.2, 0.25) is 6.71 Å². The van der Waals surface area contributed by atoms with Crippen molar-refractivity contribution in [2.75, 3.05) is 0 Å². The molecule has 0 bridgehead atoms. The third-order valence-corrected chi connectivity index (χ3v) is 4.76. The van der Waals surface area contributed by atoms with Crippen LogP contribution in [0.4, 0.5) is 0 Å². The molecule has 2 nitrogen and oxygen atoms in total. The normalized spacial score (nSPS) is 17.0. The maximum absolute atomic E-state index is 4.68. The number of fused-ring (bicyclic) bond motifs is 1. The number of benzene rings is 1. The maximum atomic E-state index is 4.68. The zero-order valence-electron chi connectivity index (χ0n) is 15.9. The minimum Gasteiger partial charge on any atom is -0.255 e. The second kappa shape index (κ2) is 8.46. The number of aliphatic imine (C=N–C) groups is 1. The van der Waals surface area contributed by atoms with Gasteiger partial charge in [-0.2, -0.15) is 0 Å². The molecule has 0 saturated heterocycles. The minimum atomic E-state index is 0.1000. The third kappa shape index (κ3) is 3.41. The Kier molecular flexibility index (Phi) is 5.82. The van der Waals surface area contributed by atoms with E-state index in [4.69, 9.17) is 0 Å². The van der Waals surface area contributed by atoms with E-state index in [1.165, 1.54) is 22.1 Å². The summed E-state index contributed by atoms with van der Waals surface area (Å²) in [5, 5.41) is 0. The molecular weight excluding hydrogens is 327 g/mol. The summed E-state index contributed by atoms with van der Waals surface area (Å²) in [6.45, 7) is 11.8. The molecule has 2 heterocycles. The quantitative estimate of drug-likeness (QED) is 0.580. The van der Waals surface area contributed by atoms with Crippen LogP contribution in [0.1, 0.15) is 25.1 Å². The van der Waals surface area contributed by atoms with Crippen LogP contribution in [0.25, 0.3) is 11.3 Å². The molecule has 3 heteroatoms. The van der Waals surface area contributed by atoms with E-state index in [9.17, 15) is 0 Å². The smallest absolute Gasteiger partial charge is 0.245 e. The van der Waals surface area contributed by atoms with Crippen LogP contribution in [0.3, 0.4) is 0 Å². The number of hydrogen-bond acceptors (Lipinski definition) is 2. The lowest BCUT2D eigenvalue weighted by molar-refractivity contribution is 1.27. The molecule has 2 aromatic rings. The van der Waals surface area contributed by atoms with Crippen molar-refractivity contribution in [3.05, 3.63) is 103 Å². The van der Waals surface area contributed by atoms with Gasteiger partial charge in [-0.3, -0.25) is 9.98 Å². The summed E-state index contributed by atoms with van der Waals surface area (Å²) in [5.41, 5.74) is 7.93. The molecule has 0 amide bonds. The second-order valence-electron chi connectivity index (χ2n) is 6.21. The van der Waals surface area contributed by atoms with Gasteiger partial charge in [0.1, 0.15) is 0 Å². The van der Waals surface area contributed by atoms with Crippen molar-refractivity contribution in [3.8, 4) is 0 Å². The lowest BCUT2D eigenvalue weighted by atomic mass is 9.38. The molecule has 1 aliphatic rings. The predicted octanol–water partition coefficient (Wildman–Crippen LogP) is 4.38. The molecule has 132 valence electrons. The molecule has 0 aliphatic carbocycles. The van der Waals surface area contributed by atoms with Gasteiger partial charge in [0, 0.05) is 12.4 Å². The Labute approximate surface area is 162 Å². The Morgan fingerprint density at radius 3 is 2.52 bits per heavy atom. The van der Waals surface area contributed by atoms with Gasteiger partial charge < -0.3 is 0 Å². The highest BCUT2D eigenvalue weighted by Gasteiger charge is 2.36. The first-order valence-corrected chi connectivity index (χ1v) is 9.12. The Morgan fingerprint density at radius 1 is 1.04 bits per heavy atom. The molecular formula is C24H23BN2. The summed E-state index contributed by atoms with van der Waals surface area (Å²) in [6.07, 6.45) is 13.3. The fourth-order valence-electron chi connectivity index (χ4n) is 3.71. The largest absolute Gasteiger partial charge is 0.255 e. The Bertz CT molecular complexity index is 993. The topological polar surface area (TPSA) is 25.2 Å². The van der Waals surface area contributed by atoms with E-state index in [1.54, 1.807) is 12.3 Å². The summed E-state index contributed by atoms with van der Waals surface area (Å²) < 4.78 is 0. The lowest BCUT2D eigenvalue weighted by Crippen LogP contribution is -2.43. The molecule has 0 saturated carbocycles. The van der Waals surface area contributed by atoms with Crippen molar-refractivity contribution in [3.63, 3.8) is 0 Å². The van der Waals surface area contributed by atoms with Gasteiger partial charge in [-0.1, -0.05) is 84.8 Å². The molecule has 1 aromatic carbocycles. The first-order chi connectivity index (χ1) is 13.3. The number of pyridine rings is 1. The maximum Gasteiger partial charge on any atom is 0.245 e. The predicted molar refractivity (Wildman–Crippen MR) is 120 cm³/mol. The Morgan fingerprint density at radius 2 is 1.81 bits per heavy atom. The molecule has 0 fully saturated rings. The molecule has 3 rings (SSSR count). The van der Waals surface area contributed by atoms with E-state index in [-0.39, 0.29) is 6.71 Å². The van der Waals surface area contributed by atoms with E-state index in [1.807, 2.05) is 31.3 Å². The molecule has 0 unspecified atom stereocenters. The summed E-state index contributed by atoms with van der Waals surface area (Å²) >= 11 is 0. The van der Waals surface area contributed by atoms with Crippen LogP contribution in [-0.4, -0.2) is 17.9 Å². The van der Waals surface area contributed by atoms with Crippen LogP contribution in [0.5, 0.6) is 0 Å². The highest BCUT2D eigenvalue weighted by molar-refractivity contribution is 6.95. The van der Waals surface area contributed by atoms with Gasteiger partial charge in [0.25, 0.3) is 0 Å². The highest BCUT2D eigenvalue weighted by Crippen LogP contribution is 2.32. The standard InChI is InChI=1S/C24H23BN2/c1-5-12-20-18(7-3)19-13-9-10-14-21(19)25(20)22-15-11-17-27-24(22)23(8-4)26-16-6-2/h5-17H,1-2H2,3-4H3/b18-7-,20-12+,23-8-,26-16?. The minimum absolute atomic E-state index is 0.1000. The summed E-state index contributed by atoms with van der Waals surface area (Å²) in [7, 11) is 0. The fraction of sp³-hybridized carbons (Fsp3) is 0.0833. The van der Waals surface area contributed by atoms with Gasteiger partial charge in [-0.05, 0) is 36.5 Å². The molecule has 0 N–H and O–H groups in total. The first kappa shape index (κ1) is 18.6. The monoisotopic (exact) mass is 350 g/mol. The molecule has 1 aromatic heterocycles. The Balaban J connectivity index is 2.27. The number of allylic oxidation sites excluding steroid dienone is 7. The van der Waals surface area contributed by atoms with Crippen molar-refractivity contribution < 1.29 is 0 Å². The van der Waals surface area contributed by atoms with Crippen LogP contribution in [0.2, 0.25) is 0 Å². The number of hydrogen-bond donors (Lipinski definition) is 0. The summed E-state index contributed by atoms with van der Waals surface area (Å²) in [6, 6.07) is 12.7. The molecule has 0 radical (unpaired) electrons. The van der Waals surface area contributed by atoms with Crippen LogP contribution < -0.4 is 10.9 Å². The van der Waals surface area contributed by atoms with Crippen LogP contribution in [0.15, 0.2) is 96.6 Å². The summed E-state index contributed by atoms with van der Waals surface area (Å²) in [4.78, 5) is 9.21. The van der Waals surface area contributed by atoms with E-state index < -0.39 is 0 Å². The van der Waals surface area contributed by atoms with Crippen LogP contribution in [0, 0.1) is 0 Å². The molecule has 27 heavy (non-hydrogen) atoms. The molecule has 1 aliphatic heterocycles. The van der Waals surface area contributed by atoms with E-state index in [0.29, 0.717) is 0 Å². The number of aromatic nitrogens is 1. The van der Waals surface area contributed by atoms with E-state index in [2.05, 4.69) is 72.5 Å². The summed E-state index contributed by atoms with van der Waals surface area (Å²) in [5.74, 6) is 0. The van der Waals surface area contributed by atoms with Gasteiger partial charge in [-0.25, -0.2) is 0 Å². The average molecular weight is 350 g/mol. The van der Waals surface area contributed by atoms with Gasteiger partial charge in [0.15, 0.2) is 0 Å². The first-order valence-electron chi connectivity index (χ1n) is 9.12. The fourth-order valence-corrected chi connectivity index (χ4v) is 3.71. The lowest BCUT2D eigenvalue weighted by Gasteiger charge is -2.15. The van der Waals surface area contributed by atoms with Gasteiger partial charge >= 0.3 is 0 Å². The molecule has 0 atom stereocenters. The second-order valence-corrected chi connectivity index (χ2v) is 6.21. The number of nitrogens with zero attached hydrogens (tertiary/aromatic N) is 2. The van der Waals surface area contributed by atoms with Gasteiger partial charge in [-0.15, -0.1) is 0 Å². The molecule has 0 spiro atoms. The van der Waals surface area contributed by atoms with Crippen molar-refractivity contribution in [2.45, 2.75) is 13.8 Å². The highest BCUT2D eigenvalue weighted by atomic mass is 14.8.